The monoisotopic (exact) mass is 289 g/mol. The molecule has 1 saturated carbocycles. The highest BCUT2D eigenvalue weighted by Crippen LogP contribution is 2.36. The topological polar surface area (TPSA) is 41.5 Å². The van der Waals surface area contributed by atoms with Crippen molar-refractivity contribution in [2.45, 2.75) is 51.2 Å². The number of benzene rings is 1. The summed E-state index contributed by atoms with van der Waals surface area (Å²) in [6, 6.07) is 8.52. The smallest absolute Gasteiger partial charge is 0.124 e. The van der Waals surface area contributed by atoms with Gasteiger partial charge in [-0.05, 0) is 37.7 Å². The maximum Gasteiger partial charge on any atom is 0.124 e. The van der Waals surface area contributed by atoms with Gasteiger partial charge in [0.2, 0.25) is 0 Å². The lowest BCUT2D eigenvalue weighted by Crippen LogP contribution is -2.46. The van der Waals surface area contributed by atoms with Crippen molar-refractivity contribution in [2.24, 2.45) is 11.8 Å². The number of para-hydroxylation sites is 1. The first-order chi connectivity index (χ1) is 10.1. The van der Waals surface area contributed by atoms with Gasteiger partial charge in [-0.3, -0.25) is 0 Å². The lowest BCUT2D eigenvalue weighted by molar-refractivity contribution is -0.0109. The number of rotatable bonds is 3. The molecule has 2 unspecified atom stereocenters. The average Bonchev–Trinajstić information content (AvgIpc) is 2.50. The highest BCUT2D eigenvalue weighted by atomic mass is 16.5. The Labute approximate surface area is 127 Å². The van der Waals surface area contributed by atoms with Gasteiger partial charge in [0.1, 0.15) is 5.75 Å². The summed E-state index contributed by atoms with van der Waals surface area (Å²) in [6.45, 7) is 5.91. The minimum atomic E-state index is -0.528. The van der Waals surface area contributed by atoms with E-state index < -0.39 is 5.60 Å². The molecule has 116 valence electrons. The molecule has 21 heavy (non-hydrogen) atoms. The number of nitrogens with one attached hydrogen (secondary N) is 1. The zero-order valence-corrected chi connectivity index (χ0v) is 13.1. The number of hydrogen-bond donors (Lipinski definition) is 2. The first kappa shape index (κ1) is 14.9. The fraction of sp³-hybridized carbons (Fsp3) is 0.667. The molecule has 2 atom stereocenters. The molecule has 0 aromatic heterocycles. The Kier molecular flexibility index (Phi) is 4.23. The van der Waals surface area contributed by atoms with Crippen LogP contribution in [0.25, 0.3) is 0 Å². The third-order valence-electron chi connectivity index (χ3n) is 5.18. The Hall–Kier alpha value is -1.06. The fourth-order valence-electron chi connectivity index (χ4n) is 3.58. The molecule has 0 bridgehead atoms. The van der Waals surface area contributed by atoms with Crippen molar-refractivity contribution in [1.82, 2.24) is 5.32 Å². The summed E-state index contributed by atoms with van der Waals surface area (Å²) in [5.74, 6) is 2.16. The molecule has 1 aliphatic heterocycles. The van der Waals surface area contributed by atoms with Crippen molar-refractivity contribution < 1.29 is 9.84 Å². The van der Waals surface area contributed by atoms with Crippen LogP contribution in [0.4, 0.5) is 0 Å². The van der Waals surface area contributed by atoms with E-state index in [-0.39, 0.29) is 6.04 Å². The van der Waals surface area contributed by atoms with Gasteiger partial charge in [-0.2, -0.15) is 0 Å². The third kappa shape index (κ3) is 3.24. The summed E-state index contributed by atoms with van der Waals surface area (Å²) < 4.78 is 5.79. The van der Waals surface area contributed by atoms with Crippen LogP contribution < -0.4 is 10.1 Å². The highest BCUT2D eigenvalue weighted by Gasteiger charge is 2.34. The normalized spacial score (nSPS) is 35.9. The van der Waals surface area contributed by atoms with Gasteiger partial charge in [-0.25, -0.2) is 0 Å². The molecule has 1 aromatic rings. The van der Waals surface area contributed by atoms with Gasteiger partial charge in [0.15, 0.2) is 0 Å². The second-order valence-corrected chi connectivity index (χ2v) is 7.09. The number of hydrogen-bond acceptors (Lipinski definition) is 3. The lowest BCUT2D eigenvalue weighted by atomic mass is 9.79. The Morgan fingerprint density at radius 3 is 2.71 bits per heavy atom. The van der Waals surface area contributed by atoms with Gasteiger partial charge < -0.3 is 15.2 Å². The van der Waals surface area contributed by atoms with Gasteiger partial charge in [0.25, 0.3) is 0 Å². The molecule has 0 radical (unpaired) electrons. The van der Waals surface area contributed by atoms with Gasteiger partial charge >= 0.3 is 0 Å². The number of aliphatic hydroxyl groups is 1. The lowest BCUT2D eigenvalue weighted by Gasteiger charge is -2.38. The zero-order valence-electron chi connectivity index (χ0n) is 13.1. The van der Waals surface area contributed by atoms with Crippen LogP contribution in [0.15, 0.2) is 24.3 Å². The molecule has 2 N–H and O–H groups in total. The Morgan fingerprint density at radius 1 is 1.24 bits per heavy atom. The van der Waals surface area contributed by atoms with Gasteiger partial charge in [0.05, 0.1) is 12.2 Å². The maximum atomic E-state index is 10.8. The molecule has 3 rings (SSSR count). The van der Waals surface area contributed by atoms with Crippen molar-refractivity contribution >= 4 is 0 Å². The Morgan fingerprint density at radius 2 is 1.95 bits per heavy atom. The number of fused-ring (bicyclic) bond motifs is 1. The molecular formula is C18H27NO2. The van der Waals surface area contributed by atoms with E-state index >= 15 is 0 Å². The molecule has 1 heterocycles. The quantitative estimate of drug-likeness (QED) is 0.897. The molecular weight excluding hydrogens is 262 g/mol. The predicted molar refractivity (Wildman–Crippen MR) is 84.4 cm³/mol. The van der Waals surface area contributed by atoms with Gasteiger partial charge in [-0.15, -0.1) is 0 Å². The number of ether oxygens (including phenoxy) is 1. The van der Waals surface area contributed by atoms with Crippen molar-refractivity contribution in [1.29, 1.82) is 0 Å². The summed E-state index contributed by atoms with van der Waals surface area (Å²) in [5, 5.41) is 14.4. The van der Waals surface area contributed by atoms with Crippen LogP contribution in [0.5, 0.6) is 5.75 Å². The average molecular weight is 289 g/mol. The van der Waals surface area contributed by atoms with Crippen molar-refractivity contribution in [2.75, 3.05) is 13.2 Å². The molecule has 3 heteroatoms. The second kappa shape index (κ2) is 5.98. The molecule has 0 amide bonds. The fourth-order valence-corrected chi connectivity index (χ4v) is 3.58. The summed E-state index contributed by atoms with van der Waals surface area (Å²) in [7, 11) is 0. The van der Waals surface area contributed by atoms with Crippen LogP contribution in [0, 0.1) is 11.8 Å². The minimum absolute atomic E-state index is 0.276. The van der Waals surface area contributed by atoms with E-state index in [4.69, 9.17) is 4.74 Å². The van der Waals surface area contributed by atoms with E-state index in [0.29, 0.717) is 12.5 Å². The molecule has 1 aromatic carbocycles. The van der Waals surface area contributed by atoms with E-state index in [9.17, 15) is 5.11 Å². The summed E-state index contributed by atoms with van der Waals surface area (Å²) in [6.07, 6.45) is 4.11. The second-order valence-electron chi connectivity index (χ2n) is 7.09. The maximum absolute atomic E-state index is 10.8. The molecule has 0 spiro atoms. The van der Waals surface area contributed by atoms with Crippen LogP contribution in [-0.2, 0) is 0 Å². The van der Waals surface area contributed by atoms with Crippen LogP contribution in [0.1, 0.15) is 51.1 Å². The molecule has 1 fully saturated rings. The molecule has 0 saturated heterocycles. The largest absolute Gasteiger partial charge is 0.493 e. The third-order valence-corrected chi connectivity index (χ3v) is 5.18. The highest BCUT2D eigenvalue weighted by molar-refractivity contribution is 5.37. The first-order valence-corrected chi connectivity index (χ1v) is 8.25. The zero-order chi connectivity index (χ0) is 14.9. The van der Waals surface area contributed by atoms with Crippen LogP contribution >= 0.6 is 0 Å². The van der Waals surface area contributed by atoms with Crippen molar-refractivity contribution in [3.63, 3.8) is 0 Å². The molecule has 1 aliphatic carbocycles. The summed E-state index contributed by atoms with van der Waals surface area (Å²) in [4.78, 5) is 0. The summed E-state index contributed by atoms with van der Waals surface area (Å²) in [5.41, 5.74) is 0.698. The minimum Gasteiger partial charge on any atom is -0.493 e. The van der Waals surface area contributed by atoms with E-state index in [1.165, 1.54) is 5.56 Å². The van der Waals surface area contributed by atoms with E-state index in [1.54, 1.807) is 0 Å². The predicted octanol–water partition coefficient (Wildman–Crippen LogP) is 3.29. The Bertz CT molecular complexity index is 480. The van der Waals surface area contributed by atoms with E-state index in [2.05, 4.69) is 31.3 Å². The van der Waals surface area contributed by atoms with Crippen molar-refractivity contribution in [3.8, 4) is 5.75 Å². The van der Waals surface area contributed by atoms with Crippen molar-refractivity contribution in [3.05, 3.63) is 29.8 Å². The Balaban J connectivity index is 1.67. The summed E-state index contributed by atoms with van der Waals surface area (Å²) >= 11 is 0. The first-order valence-electron chi connectivity index (χ1n) is 8.25. The molecule has 2 aliphatic rings. The van der Waals surface area contributed by atoms with Gasteiger partial charge in [-0.1, -0.05) is 32.0 Å². The van der Waals surface area contributed by atoms with Crippen LogP contribution in [0.2, 0.25) is 0 Å². The van der Waals surface area contributed by atoms with E-state index in [1.807, 2.05) is 12.1 Å². The molecule has 3 nitrogen and oxygen atoms in total. The van der Waals surface area contributed by atoms with Crippen LogP contribution in [-0.4, -0.2) is 23.9 Å². The SMILES string of the molecule is CC1CCC(O)(CNC2c3ccccc3OCC2C)CC1. The standard InChI is InChI=1S/C18H27NO2/c1-13-7-9-18(20,10-8-13)12-19-17-14(2)11-21-16-6-4-3-5-15(16)17/h3-6,13-14,17,19-20H,7-12H2,1-2H3. The van der Waals surface area contributed by atoms with Crippen LogP contribution in [0.3, 0.4) is 0 Å². The van der Waals surface area contributed by atoms with Gasteiger partial charge in [0, 0.05) is 24.1 Å². The van der Waals surface area contributed by atoms with E-state index in [0.717, 1.165) is 44.0 Å².